The third-order valence-corrected chi connectivity index (χ3v) is 4.00. The molecular weight excluding hydrogens is 235 g/mol. The van der Waals surface area contributed by atoms with Crippen LogP contribution in [0.2, 0.25) is 0 Å². The average Bonchev–Trinajstić information content (AvgIpc) is 2.58. The van der Waals surface area contributed by atoms with E-state index in [1.54, 1.807) is 0 Å². The van der Waals surface area contributed by atoms with Crippen molar-refractivity contribution in [2.45, 2.75) is 38.9 Å². The van der Waals surface area contributed by atoms with Gasteiger partial charge in [0.2, 0.25) is 0 Å². The zero-order valence-corrected chi connectivity index (χ0v) is 12.2. The van der Waals surface area contributed by atoms with Crippen molar-refractivity contribution in [2.24, 2.45) is 0 Å². The summed E-state index contributed by atoms with van der Waals surface area (Å²) in [5.74, 6) is 0. The normalized spacial score (nSPS) is 20.3. The first kappa shape index (κ1) is 14.1. The molecule has 1 fully saturated rings. The van der Waals surface area contributed by atoms with Crippen LogP contribution >= 0.6 is 0 Å². The smallest absolute Gasteiger partial charge is 0.399 e. The highest BCUT2D eigenvalue weighted by Crippen LogP contribution is 2.36. The Kier molecular flexibility index (Phi) is 3.46. The van der Waals surface area contributed by atoms with E-state index in [1.807, 2.05) is 30.4 Å². The fraction of sp³-hybridized carbons (Fsp3) is 0.375. The first-order valence-electron chi connectivity index (χ1n) is 6.54. The summed E-state index contributed by atoms with van der Waals surface area (Å²) >= 11 is 0. The van der Waals surface area contributed by atoms with Crippen LogP contribution in [0.5, 0.6) is 0 Å². The van der Waals surface area contributed by atoms with Crippen molar-refractivity contribution in [3.63, 3.8) is 0 Å². The largest absolute Gasteiger partial charge is 0.494 e. The van der Waals surface area contributed by atoms with Gasteiger partial charge in [-0.05, 0) is 50.4 Å². The van der Waals surface area contributed by atoms with Gasteiger partial charge in [-0.15, -0.1) is 0 Å². The topological polar surface area (TPSA) is 18.5 Å². The minimum absolute atomic E-state index is 0.323. The van der Waals surface area contributed by atoms with Gasteiger partial charge in [0.25, 0.3) is 0 Å². The third-order valence-electron chi connectivity index (χ3n) is 4.00. The number of hydrogen-bond donors (Lipinski definition) is 0. The van der Waals surface area contributed by atoms with Gasteiger partial charge in [-0.3, -0.25) is 0 Å². The molecular formula is C16H21BO2. The Morgan fingerprint density at radius 3 is 1.68 bits per heavy atom. The van der Waals surface area contributed by atoms with Gasteiger partial charge in [0, 0.05) is 0 Å². The van der Waals surface area contributed by atoms with Gasteiger partial charge in [-0.2, -0.15) is 0 Å². The summed E-state index contributed by atoms with van der Waals surface area (Å²) in [6.45, 7) is 15.8. The number of hydrogen-bond acceptors (Lipinski definition) is 2. The molecule has 0 bridgehead atoms. The van der Waals surface area contributed by atoms with Crippen molar-refractivity contribution in [3.05, 3.63) is 42.5 Å². The van der Waals surface area contributed by atoms with E-state index in [4.69, 9.17) is 9.31 Å². The molecule has 0 saturated carbocycles. The highest BCUT2D eigenvalue weighted by Gasteiger charge is 2.51. The first-order chi connectivity index (χ1) is 8.79. The van der Waals surface area contributed by atoms with E-state index in [0.29, 0.717) is 0 Å². The van der Waals surface area contributed by atoms with Gasteiger partial charge in [0.1, 0.15) is 0 Å². The predicted molar refractivity (Wildman–Crippen MR) is 82.3 cm³/mol. The van der Waals surface area contributed by atoms with Crippen LogP contribution in [0.4, 0.5) is 0 Å². The lowest BCUT2D eigenvalue weighted by atomic mass is 9.77. The van der Waals surface area contributed by atoms with Crippen molar-refractivity contribution in [1.82, 2.24) is 0 Å². The van der Waals surface area contributed by atoms with Crippen LogP contribution in [0.3, 0.4) is 0 Å². The number of benzene rings is 1. The maximum absolute atomic E-state index is 6.06. The van der Waals surface area contributed by atoms with Gasteiger partial charge in [-0.25, -0.2) is 0 Å². The molecule has 3 heteroatoms. The zero-order valence-electron chi connectivity index (χ0n) is 12.2. The summed E-state index contributed by atoms with van der Waals surface area (Å²) in [6, 6.07) is 6.12. The lowest BCUT2D eigenvalue weighted by Gasteiger charge is -2.32. The maximum atomic E-state index is 6.06. The summed E-state index contributed by atoms with van der Waals surface area (Å²) in [4.78, 5) is 0. The molecule has 19 heavy (non-hydrogen) atoms. The third kappa shape index (κ3) is 2.53. The molecule has 1 aliphatic rings. The Bertz CT molecular complexity index is 475. The summed E-state index contributed by atoms with van der Waals surface area (Å²) in [7, 11) is -0.344. The monoisotopic (exact) mass is 256 g/mol. The predicted octanol–water partition coefficient (Wildman–Crippen LogP) is 3.27. The molecule has 0 amide bonds. The van der Waals surface area contributed by atoms with Gasteiger partial charge in [0.05, 0.1) is 11.2 Å². The molecule has 2 rings (SSSR count). The fourth-order valence-electron chi connectivity index (χ4n) is 2.05. The Morgan fingerprint density at radius 2 is 1.32 bits per heavy atom. The van der Waals surface area contributed by atoms with Crippen LogP contribution in [0.25, 0.3) is 12.2 Å². The Balaban J connectivity index is 2.39. The summed E-state index contributed by atoms with van der Waals surface area (Å²) in [6.07, 6.45) is 3.64. The number of rotatable bonds is 3. The van der Waals surface area contributed by atoms with E-state index in [9.17, 15) is 0 Å². The van der Waals surface area contributed by atoms with Gasteiger partial charge < -0.3 is 9.31 Å². The molecule has 2 nitrogen and oxygen atoms in total. The molecule has 0 N–H and O–H groups in total. The lowest BCUT2D eigenvalue weighted by Crippen LogP contribution is -2.41. The molecule has 0 aromatic heterocycles. The Hall–Kier alpha value is -1.32. The fourth-order valence-corrected chi connectivity index (χ4v) is 2.05. The van der Waals surface area contributed by atoms with E-state index in [-0.39, 0.29) is 18.3 Å². The summed E-state index contributed by atoms with van der Waals surface area (Å²) < 4.78 is 12.1. The second-order valence-corrected chi connectivity index (χ2v) is 5.93. The second-order valence-electron chi connectivity index (χ2n) is 5.93. The minimum Gasteiger partial charge on any atom is -0.399 e. The SMILES string of the molecule is C=Cc1cc(C=C)cc(B2OC(C)(C)C(C)(C)O2)c1. The summed E-state index contributed by atoms with van der Waals surface area (Å²) in [5, 5.41) is 0. The maximum Gasteiger partial charge on any atom is 0.494 e. The van der Waals surface area contributed by atoms with E-state index < -0.39 is 0 Å². The molecule has 1 aromatic rings. The van der Waals surface area contributed by atoms with Crippen molar-refractivity contribution < 1.29 is 9.31 Å². The molecule has 0 aliphatic carbocycles. The van der Waals surface area contributed by atoms with Crippen molar-refractivity contribution >= 4 is 24.7 Å². The van der Waals surface area contributed by atoms with Crippen molar-refractivity contribution in [2.75, 3.05) is 0 Å². The second kappa shape index (κ2) is 4.66. The van der Waals surface area contributed by atoms with Crippen molar-refractivity contribution in [3.8, 4) is 0 Å². The van der Waals surface area contributed by atoms with E-state index in [0.717, 1.165) is 16.6 Å². The van der Waals surface area contributed by atoms with Crippen LogP contribution in [0.15, 0.2) is 31.4 Å². The van der Waals surface area contributed by atoms with Crippen LogP contribution in [-0.4, -0.2) is 18.3 Å². The molecule has 0 radical (unpaired) electrons. The van der Waals surface area contributed by atoms with E-state index in [2.05, 4.69) is 40.9 Å². The zero-order chi connectivity index (χ0) is 14.3. The van der Waals surface area contributed by atoms with Crippen LogP contribution in [-0.2, 0) is 9.31 Å². The first-order valence-corrected chi connectivity index (χ1v) is 6.54. The molecule has 0 spiro atoms. The molecule has 0 atom stereocenters. The van der Waals surface area contributed by atoms with Crippen LogP contribution < -0.4 is 5.46 Å². The van der Waals surface area contributed by atoms with E-state index >= 15 is 0 Å². The van der Waals surface area contributed by atoms with Crippen molar-refractivity contribution in [1.29, 1.82) is 0 Å². The Labute approximate surface area is 116 Å². The summed E-state index contributed by atoms with van der Waals surface area (Å²) in [5.41, 5.74) is 2.45. The van der Waals surface area contributed by atoms with E-state index in [1.165, 1.54) is 0 Å². The average molecular weight is 256 g/mol. The molecule has 1 aromatic carbocycles. The molecule has 100 valence electrons. The van der Waals surface area contributed by atoms with Gasteiger partial charge >= 0.3 is 7.12 Å². The lowest BCUT2D eigenvalue weighted by molar-refractivity contribution is 0.00578. The van der Waals surface area contributed by atoms with Crippen LogP contribution in [0, 0.1) is 0 Å². The van der Waals surface area contributed by atoms with Crippen LogP contribution in [0.1, 0.15) is 38.8 Å². The minimum atomic E-state index is -0.344. The van der Waals surface area contributed by atoms with Gasteiger partial charge in [0.15, 0.2) is 0 Å². The standard InChI is InChI=1S/C16H21BO2/c1-7-12-9-13(8-2)11-14(10-12)17-18-15(3,4)16(5,6)19-17/h7-11H,1-2H2,3-6H3. The highest BCUT2D eigenvalue weighted by atomic mass is 16.7. The van der Waals surface area contributed by atoms with Gasteiger partial charge in [-0.1, -0.05) is 37.4 Å². The Morgan fingerprint density at radius 1 is 0.895 bits per heavy atom. The highest BCUT2D eigenvalue weighted by molar-refractivity contribution is 6.62. The molecule has 1 saturated heterocycles. The molecule has 1 heterocycles. The molecule has 1 aliphatic heterocycles. The quantitative estimate of drug-likeness (QED) is 0.773. The molecule has 0 unspecified atom stereocenters.